The predicted molar refractivity (Wildman–Crippen MR) is 91.8 cm³/mol. The second-order valence-corrected chi connectivity index (χ2v) is 6.51. The molecule has 0 fully saturated rings. The average Bonchev–Trinajstić information content (AvgIpc) is 2.48. The Morgan fingerprint density at radius 1 is 1.04 bits per heavy atom. The Morgan fingerprint density at radius 2 is 1.67 bits per heavy atom. The molecule has 1 aliphatic heterocycles. The van der Waals surface area contributed by atoms with Crippen molar-refractivity contribution in [2.75, 3.05) is 7.11 Å². The summed E-state index contributed by atoms with van der Waals surface area (Å²) in [5.41, 5.74) is 9.45. The van der Waals surface area contributed by atoms with Gasteiger partial charge in [0.15, 0.2) is 0 Å². The molecule has 1 heterocycles. The van der Waals surface area contributed by atoms with Crippen LogP contribution in [0.3, 0.4) is 0 Å². The van der Waals surface area contributed by atoms with Crippen LogP contribution in [-0.2, 0) is 5.60 Å². The molecule has 0 radical (unpaired) electrons. The molecule has 1 amide bonds. The van der Waals surface area contributed by atoms with Crippen molar-refractivity contribution in [3.8, 4) is 28.4 Å². The third kappa shape index (κ3) is 2.56. The van der Waals surface area contributed by atoms with Crippen LogP contribution in [0.15, 0.2) is 24.3 Å². The number of hydrogen-bond donors (Lipinski definition) is 1. The van der Waals surface area contributed by atoms with Gasteiger partial charge in [-0.1, -0.05) is 0 Å². The molecule has 0 saturated carbocycles. The number of aryl methyl sites for hydroxylation is 2. The molecule has 1 aliphatic rings. The summed E-state index contributed by atoms with van der Waals surface area (Å²) in [5.74, 6) is 2.02. The number of hydrogen-bond acceptors (Lipinski definition) is 4. The topological polar surface area (TPSA) is 70.8 Å². The van der Waals surface area contributed by atoms with E-state index in [4.69, 9.17) is 19.9 Å². The summed E-state index contributed by atoms with van der Waals surface area (Å²) >= 11 is 0. The summed E-state index contributed by atoms with van der Waals surface area (Å²) in [6.07, 6.45) is -0.825. The minimum Gasteiger partial charge on any atom is -0.496 e. The van der Waals surface area contributed by atoms with E-state index in [-0.39, 0.29) is 0 Å². The van der Waals surface area contributed by atoms with E-state index in [0.717, 1.165) is 39.3 Å². The predicted octanol–water partition coefficient (Wildman–Crippen LogP) is 4.06. The highest BCUT2D eigenvalue weighted by Gasteiger charge is 2.34. The first-order valence-corrected chi connectivity index (χ1v) is 7.73. The van der Waals surface area contributed by atoms with Gasteiger partial charge in [-0.3, -0.25) is 0 Å². The van der Waals surface area contributed by atoms with E-state index < -0.39 is 11.7 Å². The molecule has 0 unspecified atom stereocenters. The first kappa shape index (κ1) is 16.2. The second kappa shape index (κ2) is 5.44. The smallest absolute Gasteiger partial charge is 0.409 e. The maximum Gasteiger partial charge on any atom is 0.409 e. The molecule has 0 aromatic heterocycles. The summed E-state index contributed by atoms with van der Waals surface area (Å²) in [4.78, 5) is 11.1. The van der Waals surface area contributed by atoms with Crippen LogP contribution in [0.5, 0.6) is 17.2 Å². The summed E-state index contributed by atoms with van der Waals surface area (Å²) in [6, 6.07) is 7.80. The minimum atomic E-state index is -0.825. The fourth-order valence-corrected chi connectivity index (χ4v) is 3.14. The molecule has 0 aliphatic carbocycles. The van der Waals surface area contributed by atoms with Crippen molar-refractivity contribution in [1.82, 2.24) is 0 Å². The summed E-state index contributed by atoms with van der Waals surface area (Å²) in [5, 5.41) is 0. The van der Waals surface area contributed by atoms with Crippen molar-refractivity contribution in [2.45, 2.75) is 33.3 Å². The Bertz CT molecular complexity index is 840. The number of nitrogens with two attached hydrogens (primary N) is 1. The fourth-order valence-electron chi connectivity index (χ4n) is 3.14. The Kier molecular flexibility index (Phi) is 3.67. The van der Waals surface area contributed by atoms with Crippen LogP contribution >= 0.6 is 0 Å². The van der Waals surface area contributed by atoms with Gasteiger partial charge in [-0.15, -0.1) is 0 Å². The second-order valence-electron chi connectivity index (χ2n) is 6.51. The average molecular weight is 327 g/mol. The third-order valence-electron chi connectivity index (χ3n) is 4.33. The molecule has 126 valence electrons. The van der Waals surface area contributed by atoms with Gasteiger partial charge in [-0.05, 0) is 62.6 Å². The molecule has 0 atom stereocenters. The Balaban J connectivity index is 2.25. The number of carbonyl (C=O) groups is 1. The molecule has 2 N–H and O–H groups in total. The van der Waals surface area contributed by atoms with Crippen molar-refractivity contribution in [1.29, 1.82) is 0 Å². The lowest BCUT2D eigenvalue weighted by Crippen LogP contribution is -2.30. The maximum atomic E-state index is 11.1. The van der Waals surface area contributed by atoms with E-state index in [2.05, 4.69) is 6.07 Å². The first-order chi connectivity index (χ1) is 11.2. The lowest BCUT2D eigenvalue weighted by Gasteiger charge is -2.36. The zero-order valence-corrected chi connectivity index (χ0v) is 14.5. The van der Waals surface area contributed by atoms with E-state index in [9.17, 15) is 4.79 Å². The molecule has 0 spiro atoms. The molecule has 2 aromatic carbocycles. The minimum absolute atomic E-state index is 0.451. The van der Waals surface area contributed by atoms with Crippen molar-refractivity contribution in [3.05, 3.63) is 41.0 Å². The maximum absolute atomic E-state index is 11.1. The van der Waals surface area contributed by atoms with Crippen LogP contribution < -0.4 is 19.9 Å². The molecular weight excluding hydrogens is 306 g/mol. The first-order valence-electron chi connectivity index (χ1n) is 7.73. The van der Waals surface area contributed by atoms with Crippen LogP contribution in [0.25, 0.3) is 11.1 Å². The number of amides is 1. The van der Waals surface area contributed by atoms with Crippen LogP contribution in [-0.4, -0.2) is 13.2 Å². The van der Waals surface area contributed by atoms with E-state index in [1.807, 2.05) is 45.9 Å². The SMILES string of the molecule is COc1cc2c(cc1C)-c1cc(C)c(OC(N)=O)cc1C(C)(C)O2. The van der Waals surface area contributed by atoms with Crippen LogP contribution in [0.1, 0.15) is 30.5 Å². The van der Waals surface area contributed by atoms with Crippen molar-refractivity contribution in [3.63, 3.8) is 0 Å². The van der Waals surface area contributed by atoms with Gasteiger partial charge in [0.25, 0.3) is 0 Å². The highest BCUT2D eigenvalue weighted by molar-refractivity contribution is 5.80. The number of rotatable bonds is 2. The highest BCUT2D eigenvalue weighted by Crippen LogP contribution is 2.48. The van der Waals surface area contributed by atoms with Crippen molar-refractivity contribution >= 4 is 6.09 Å². The number of fused-ring (bicyclic) bond motifs is 3. The monoisotopic (exact) mass is 327 g/mol. The number of methoxy groups -OCH3 is 1. The molecule has 3 rings (SSSR count). The van der Waals surface area contributed by atoms with Gasteiger partial charge < -0.3 is 19.9 Å². The Labute approximate surface area is 141 Å². The normalized spacial score (nSPS) is 14.2. The molecule has 0 saturated heterocycles. The molecule has 5 nitrogen and oxygen atoms in total. The van der Waals surface area contributed by atoms with E-state index in [1.165, 1.54) is 0 Å². The van der Waals surface area contributed by atoms with Crippen LogP contribution in [0, 0.1) is 13.8 Å². The van der Waals surface area contributed by atoms with Gasteiger partial charge in [0, 0.05) is 17.2 Å². The number of primary amides is 1. The molecule has 2 aromatic rings. The van der Waals surface area contributed by atoms with E-state index in [0.29, 0.717) is 5.75 Å². The largest absolute Gasteiger partial charge is 0.496 e. The summed E-state index contributed by atoms with van der Waals surface area (Å²) in [6.45, 7) is 7.84. The Hall–Kier alpha value is -2.69. The molecular formula is C19H21NO4. The summed E-state index contributed by atoms with van der Waals surface area (Å²) in [7, 11) is 1.65. The summed E-state index contributed by atoms with van der Waals surface area (Å²) < 4.78 is 16.7. The van der Waals surface area contributed by atoms with Crippen molar-refractivity contribution in [2.24, 2.45) is 5.73 Å². The Morgan fingerprint density at radius 3 is 2.29 bits per heavy atom. The van der Waals surface area contributed by atoms with E-state index >= 15 is 0 Å². The molecule has 5 heteroatoms. The molecule has 0 bridgehead atoms. The van der Waals surface area contributed by atoms with Gasteiger partial charge in [0.1, 0.15) is 22.8 Å². The van der Waals surface area contributed by atoms with E-state index in [1.54, 1.807) is 7.11 Å². The highest BCUT2D eigenvalue weighted by atomic mass is 16.5. The van der Waals surface area contributed by atoms with Crippen LogP contribution in [0.2, 0.25) is 0 Å². The zero-order chi connectivity index (χ0) is 17.6. The van der Waals surface area contributed by atoms with Gasteiger partial charge in [-0.25, -0.2) is 4.79 Å². The van der Waals surface area contributed by atoms with Gasteiger partial charge in [-0.2, -0.15) is 0 Å². The van der Waals surface area contributed by atoms with Gasteiger partial charge >= 0.3 is 6.09 Å². The standard InChI is InChI=1S/C19H21NO4/c1-10-7-13-12-6-11(2)16(23-18(20)21)8-14(12)19(3,4)24-17(13)9-15(10)22-5/h6-9H,1-5H3,(H2,20,21). The number of carbonyl (C=O) groups excluding carboxylic acids is 1. The van der Waals surface area contributed by atoms with Gasteiger partial charge in [0.05, 0.1) is 7.11 Å². The number of benzene rings is 2. The number of ether oxygens (including phenoxy) is 3. The third-order valence-corrected chi connectivity index (χ3v) is 4.33. The fraction of sp³-hybridized carbons (Fsp3) is 0.316. The zero-order valence-electron chi connectivity index (χ0n) is 14.5. The lowest BCUT2D eigenvalue weighted by atomic mass is 9.84. The van der Waals surface area contributed by atoms with Crippen molar-refractivity contribution < 1.29 is 19.0 Å². The van der Waals surface area contributed by atoms with Gasteiger partial charge in [0.2, 0.25) is 0 Å². The van der Waals surface area contributed by atoms with Crippen LogP contribution in [0.4, 0.5) is 4.79 Å². The quantitative estimate of drug-likeness (QED) is 0.903. The molecule has 24 heavy (non-hydrogen) atoms. The lowest BCUT2D eigenvalue weighted by molar-refractivity contribution is 0.105.